The lowest BCUT2D eigenvalue weighted by Crippen LogP contribution is -2.47. The quantitative estimate of drug-likeness (QED) is 0.848. The molecule has 0 unspecified atom stereocenters. The SMILES string of the molecule is [2H]C([2H])([2H])N1CCN(C(=O)c2cc(C)sc2Nc2ccccc2N)CC1. The molecule has 0 radical (unpaired) electrons. The number of nitrogens with two attached hydrogens (primary N) is 1. The number of rotatable bonds is 3. The number of carbonyl (C=O) groups excluding carboxylic acids is 1. The molecule has 1 aliphatic rings. The first kappa shape index (κ1) is 12.4. The van der Waals surface area contributed by atoms with E-state index in [0.29, 0.717) is 37.4 Å². The van der Waals surface area contributed by atoms with Crippen molar-refractivity contribution >= 4 is 33.6 Å². The third-order valence-electron chi connectivity index (χ3n) is 3.86. The third kappa shape index (κ3) is 3.48. The van der Waals surface area contributed by atoms with Crippen molar-refractivity contribution in [2.45, 2.75) is 6.92 Å². The summed E-state index contributed by atoms with van der Waals surface area (Å²) in [6.45, 7) is 1.34. The molecular weight excluding hydrogens is 308 g/mol. The third-order valence-corrected chi connectivity index (χ3v) is 4.83. The predicted molar refractivity (Wildman–Crippen MR) is 96.6 cm³/mol. The highest BCUT2D eigenvalue weighted by Crippen LogP contribution is 2.33. The normalized spacial score (nSPS) is 18.1. The zero-order valence-corrected chi connectivity index (χ0v) is 13.8. The fourth-order valence-electron chi connectivity index (χ4n) is 2.58. The fourth-order valence-corrected chi connectivity index (χ4v) is 3.49. The van der Waals surface area contributed by atoms with Gasteiger partial charge in [0.2, 0.25) is 0 Å². The second kappa shape index (κ2) is 6.60. The Balaban J connectivity index is 1.76. The van der Waals surface area contributed by atoms with E-state index in [9.17, 15) is 4.79 Å². The van der Waals surface area contributed by atoms with Crippen molar-refractivity contribution in [1.82, 2.24) is 9.80 Å². The highest BCUT2D eigenvalue weighted by atomic mass is 32.1. The smallest absolute Gasteiger partial charge is 0.256 e. The maximum Gasteiger partial charge on any atom is 0.256 e. The van der Waals surface area contributed by atoms with Crippen molar-refractivity contribution in [1.29, 1.82) is 0 Å². The summed E-state index contributed by atoms with van der Waals surface area (Å²) in [5.41, 5.74) is 7.96. The van der Waals surface area contributed by atoms with Crippen molar-refractivity contribution in [2.24, 2.45) is 0 Å². The van der Waals surface area contributed by atoms with E-state index in [1.807, 2.05) is 31.2 Å². The molecule has 0 spiro atoms. The van der Waals surface area contributed by atoms with Gasteiger partial charge in [-0.25, -0.2) is 0 Å². The summed E-state index contributed by atoms with van der Waals surface area (Å²) in [6.07, 6.45) is 0. The van der Waals surface area contributed by atoms with Crippen molar-refractivity contribution < 1.29 is 8.91 Å². The zero-order chi connectivity index (χ0) is 18.9. The van der Waals surface area contributed by atoms with Gasteiger partial charge in [-0.1, -0.05) is 12.1 Å². The summed E-state index contributed by atoms with van der Waals surface area (Å²) in [7, 11) is 0. The molecular formula is C17H22N4OS. The van der Waals surface area contributed by atoms with Gasteiger partial charge in [0.1, 0.15) is 5.00 Å². The lowest BCUT2D eigenvalue weighted by Gasteiger charge is -2.32. The molecule has 1 aromatic heterocycles. The van der Waals surface area contributed by atoms with Gasteiger partial charge in [0.15, 0.2) is 0 Å². The molecule has 2 aromatic rings. The number of anilines is 3. The van der Waals surface area contributed by atoms with E-state index in [-0.39, 0.29) is 5.91 Å². The number of piperazine rings is 1. The first-order chi connectivity index (χ1) is 12.3. The van der Waals surface area contributed by atoms with E-state index in [0.717, 1.165) is 15.6 Å². The van der Waals surface area contributed by atoms with Gasteiger partial charge in [-0.05, 0) is 32.1 Å². The summed E-state index contributed by atoms with van der Waals surface area (Å²) in [5.74, 6) is -0.0865. The maximum absolute atomic E-state index is 13.0. The molecule has 1 aromatic carbocycles. The van der Waals surface area contributed by atoms with Gasteiger partial charge in [-0.15, -0.1) is 11.3 Å². The number of nitrogen functional groups attached to an aromatic ring is 1. The summed E-state index contributed by atoms with van der Waals surface area (Å²) in [6, 6.07) is 9.28. The molecule has 1 fully saturated rings. The summed E-state index contributed by atoms with van der Waals surface area (Å²) in [5, 5.41) is 4.01. The number of hydrogen-bond donors (Lipinski definition) is 2. The van der Waals surface area contributed by atoms with Crippen LogP contribution in [0.15, 0.2) is 30.3 Å². The lowest BCUT2D eigenvalue weighted by atomic mass is 10.2. The van der Waals surface area contributed by atoms with E-state index >= 15 is 0 Å². The number of nitrogens with one attached hydrogen (secondary N) is 1. The van der Waals surface area contributed by atoms with Crippen molar-refractivity contribution in [2.75, 3.05) is 44.2 Å². The molecule has 3 N–H and O–H groups in total. The Hall–Kier alpha value is -2.05. The van der Waals surface area contributed by atoms with E-state index in [1.54, 1.807) is 11.0 Å². The number of aryl methyl sites for hydroxylation is 1. The number of likely N-dealkylation sites (N-methyl/N-ethyl adjacent to an activating group) is 1. The van der Waals surface area contributed by atoms with Crippen LogP contribution < -0.4 is 11.1 Å². The van der Waals surface area contributed by atoms with Crippen molar-refractivity contribution in [3.63, 3.8) is 0 Å². The molecule has 1 amide bonds. The Labute approximate surface area is 144 Å². The lowest BCUT2D eigenvalue weighted by molar-refractivity contribution is 0.0665. The van der Waals surface area contributed by atoms with Gasteiger partial charge >= 0.3 is 0 Å². The molecule has 122 valence electrons. The topological polar surface area (TPSA) is 61.6 Å². The number of hydrogen-bond acceptors (Lipinski definition) is 5. The number of carbonyl (C=O) groups is 1. The highest BCUT2D eigenvalue weighted by molar-refractivity contribution is 7.16. The minimum absolute atomic E-state index is 0.0865. The van der Waals surface area contributed by atoms with Gasteiger partial charge < -0.3 is 20.9 Å². The molecule has 0 aliphatic carbocycles. The van der Waals surface area contributed by atoms with Crippen LogP contribution in [0.5, 0.6) is 0 Å². The standard InChI is InChI=1S/C17H22N4OS/c1-12-11-13(17(22)21-9-7-20(2)8-10-21)16(23-12)19-15-6-4-3-5-14(15)18/h3-6,11,19H,7-10,18H2,1-2H3/i2D3. The molecule has 0 bridgehead atoms. The molecule has 5 nitrogen and oxygen atoms in total. The number of nitrogens with zero attached hydrogens (tertiary/aromatic N) is 2. The number of amides is 1. The molecule has 0 atom stereocenters. The van der Waals surface area contributed by atoms with Gasteiger partial charge in [0, 0.05) is 35.2 Å². The van der Waals surface area contributed by atoms with Crippen LogP contribution in [0.4, 0.5) is 16.4 Å². The summed E-state index contributed by atoms with van der Waals surface area (Å²) in [4.78, 5) is 17.1. The van der Waals surface area contributed by atoms with Crippen LogP contribution in [-0.4, -0.2) is 48.9 Å². The van der Waals surface area contributed by atoms with E-state index in [4.69, 9.17) is 9.85 Å². The molecule has 23 heavy (non-hydrogen) atoms. The molecule has 1 aliphatic heterocycles. The highest BCUT2D eigenvalue weighted by Gasteiger charge is 2.24. The van der Waals surface area contributed by atoms with Crippen LogP contribution in [0.1, 0.15) is 19.3 Å². The minimum Gasteiger partial charge on any atom is -0.397 e. The number of thiophene rings is 1. The van der Waals surface area contributed by atoms with Gasteiger partial charge in [-0.3, -0.25) is 4.79 Å². The van der Waals surface area contributed by atoms with Gasteiger partial charge in [0.05, 0.1) is 16.9 Å². The van der Waals surface area contributed by atoms with Crippen LogP contribution in [0.3, 0.4) is 0 Å². The fraction of sp³-hybridized carbons (Fsp3) is 0.353. The van der Waals surface area contributed by atoms with E-state index < -0.39 is 6.98 Å². The summed E-state index contributed by atoms with van der Waals surface area (Å²) < 4.78 is 22.4. The Morgan fingerprint density at radius 1 is 1.30 bits per heavy atom. The van der Waals surface area contributed by atoms with E-state index in [2.05, 4.69) is 5.32 Å². The second-order valence-corrected chi connectivity index (χ2v) is 6.85. The van der Waals surface area contributed by atoms with Gasteiger partial charge in [-0.2, -0.15) is 0 Å². The van der Waals surface area contributed by atoms with Crippen LogP contribution in [-0.2, 0) is 0 Å². The molecule has 0 saturated carbocycles. The maximum atomic E-state index is 13.0. The predicted octanol–water partition coefficient (Wildman–Crippen LogP) is 2.77. The number of benzene rings is 1. The van der Waals surface area contributed by atoms with E-state index in [1.165, 1.54) is 16.2 Å². The Morgan fingerprint density at radius 2 is 2.04 bits per heavy atom. The van der Waals surface area contributed by atoms with Gasteiger partial charge in [0.25, 0.3) is 5.91 Å². The first-order valence-corrected chi connectivity index (χ1v) is 8.33. The zero-order valence-electron chi connectivity index (χ0n) is 16.0. The number of para-hydroxylation sites is 2. The Bertz CT molecular complexity index is 798. The van der Waals surface area contributed by atoms with Crippen LogP contribution >= 0.6 is 11.3 Å². The van der Waals surface area contributed by atoms with Crippen LogP contribution in [0, 0.1) is 6.92 Å². The minimum atomic E-state index is -2.11. The second-order valence-electron chi connectivity index (χ2n) is 5.59. The van der Waals surface area contributed by atoms with Crippen molar-refractivity contribution in [3.05, 3.63) is 40.8 Å². The van der Waals surface area contributed by atoms with Crippen LogP contribution in [0.25, 0.3) is 0 Å². The summed E-state index contributed by atoms with van der Waals surface area (Å²) >= 11 is 1.50. The molecule has 3 rings (SSSR count). The molecule has 1 saturated heterocycles. The monoisotopic (exact) mass is 333 g/mol. The molecule has 6 heteroatoms. The Morgan fingerprint density at radius 3 is 2.74 bits per heavy atom. The largest absolute Gasteiger partial charge is 0.397 e. The average molecular weight is 333 g/mol. The van der Waals surface area contributed by atoms with Crippen molar-refractivity contribution in [3.8, 4) is 0 Å². The Kier molecular flexibility index (Phi) is 3.55. The van der Waals surface area contributed by atoms with Crippen LogP contribution in [0.2, 0.25) is 0 Å². The molecule has 2 heterocycles. The average Bonchev–Trinajstić information content (AvgIpc) is 2.96. The first-order valence-electron chi connectivity index (χ1n) is 9.02.